The minimum absolute atomic E-state index is 0.0499. The number of aromatic carboxylic acids is 1. The molecular weight excluding hydrogens is 347 g/mol. The maximum atomic E-state index is 13.7. The number of nitrogens with one attached hydrogen (secondary N) is 1. The number of non-ortho nitro benzene ring substituents is 1. The maximum absolute atomic E-state index is 13.7. The van der Waals surface area contributed by atoms with E-state index in [2.05, 4.69) is 21.2 Å². The van der Waals surface area contributed by atoms with E-state index in [1.54, 1.807) is 6.07 Å². The Kier molecular flexibility index (Phi) is 4.18. The van der Waals surface area contributed by atoms with Crippen LogP contribution in [0.5, 0.6) is 0 Å². The highest BCUT2D eigenvalue weighted by atomic mass is 79.9. The fraction of sp³-hybridized carbons (Fsp3) is 0. The Hall–Kier alpha value is -2.48. The van der Waals surface area contributed by atoms with Gasteiger partial charge in [-0.3, -0.25) is 10.1 Å². The molecule has 21 heavy (non-hydrogen) atoms. The predicted molar refractivity (Wildman–Crippen MR) is 77.4 cm³/mol. The molecule has 0 aliphatic carbocycles. The van der Waals surface area contributed by atoms with Crippen LogP contribution in [0.15, 0.2) is 40.9 Å². The third-order valence-electron chi connectivity index (χ3n) is 2.67. The molecule has 8 heteroatoms. The molecule has 0 aliphatic heterocycles. The molecule has 0 saturated heterocycles. The molecule has 2 aromatic rings. The molecule has 0 unspecified atom stereocenters. The van der Waals surface area contributed by atoms with Crippen molar-refractivity contribution in [1.82, 2.24) is 0 Å². The normalized spacial score (nSPS) is 10.2. The maximum Gasteiger partial charge on any atom is 0.338 e. The number of anilines is 2. The molecule has 2 N–H and O–H groups in total. The fourth-order valence-corrected chi connectivity index (χ4v) is 2.12. The Morgan fingerprint density at radius 3 is 2.62 bits per heavy atom. The Balaban J connectivity index is 2.49. The Labute approximate surface area is 126 Å². The lowest BCUT2D eigenvalue weighted by Gasteiger charge is -2.11. The van der Waals surface area contributed by atoms with Crippen molar-refractivity contribution in [3.05, 3.63) is 62.4 Å². The van der Waals surface area contributed by atoms with Gasteiger partial charge < -0.3 is 10.4 Å². The van der Waals surface area contributed by atoms with Gasteiger partial charge in [-0.25, -0.2) is 9.18 Å². The van der Waals surface area contributed by atoms with Crippen LogP contribution >= 0.6 is 15.9 Å². The minimum Gasteiger partial charge on any atom is -0.478 e. The van der Waals surface area contributed by atoms with Crippen LogP contribution < -0.4 is 5.32 Å². The first-order valence-corrected chi connectivity index (χ1v) is 6.42. The van der Waals surface area contributed by atoms with Crippen molar-refractivity contribution in [3.8, 4) is 0 Å². The topological polar surface area (TPSA) is 92.5 Å². The van der Waals surface area contributed by atoms with E-state index in [1.807, 2.05) is 0 Å². The van der Waals surface area contributed by atoms with Crippen molar-refractivity contribution in [2.24, 2.45) is 0 Å². The quantitative estimate of drug-likeness (QED) is 0.640. The summed E-state index contributed by atoms with van der Waals surface area (Å²) in [7, 11) is 0. The first-order chi connectivity index (χ1) is 9.90. The van der Waals surface area contributed by atoms with Crippen LogP contribution in [-0.2, 0) is 0 Å². The molecule has 2 aromatic carbocycles. The molecule has 0 bridgehead atoms. The third kappa shape index (κ3) is 3.16. The summed E-state index contributed by atoms with van der Waals surface area (Å²) in [5.41, 5.74) is -0.572. The highest BCUT2D eigenvalue weighted by Gasteiger charge is 2.17. The predicted octanol–water partition coefficient (Wildman–Crippen LogP) is 3.94. The Bertz CT molecular complexity index is 716. The van der Waals surface area contributed by atoms with Gasteiger partial charge in [0.25, 0.3) is 5.69 Å². The van der Waals surface area contributed by atoms with Gasteiger partial charge in [0, 0.05) is 16.6 Å². The number of hydrogen-bond donors (Lipinski definition) is 2. The molecule has 6 nitrogen and oxygen atoms in total. The van der Waals surface area contributed by atoms with Gasteiger partial charge >= 0.3 is 5.97 Å². The summed E-state index contributed by atoms with van der Waals surface area (Å²) in [4.78, 5) is 21.2. The molecule has 0 aliphatic rings. The zero-order chi connectivity index (χ0) is 15.6. The van der Waals surface area contributed by atoms with Gasteiger partial charge in [0.2, 0.25) is 0 Å². The van der Waals surface area contributed by atoms with Crippen LogP contribution in [0.1, 0.15) is 10.4 Å². The van der Waals surface area contributed by atoms with Gasteiger partial charge in [-0.2, -0.15) is 0 Å². The number of benzene rings is 2. The van der Waals surface area contributed by atoms with Crippen LogP contribution in [-0.4, -0.2) is 16.0 Å². The summed E-state index contributed by atoms with van der Waals surface area (Å²) in [6, 6.07) is 7.55. The van der Waals surface area contributed by atoms with Gasteiger partial charge in [0.15, 0.2) is 0 Å². The second-order valence-corrected chi connectivity index (χ2v) is 4.87. The zero-order valence-corrected chi connectivity index (χ0v) is 11.9. The van der Waals surface area contributed by atoms with E-state index in [1.165, 1.54) is 18.2 Å². The molecule has 0 saturated carbocycles. The highest BCUT2D eigenvalue weighted by molar-refractivity contribution is 9.10. The van der Waals surface area contributed by atoms with Crippen molar-refractivity contribution >= 4 is 39.0 Å². The van der Waals surface area contributed by atoms with Crippen molar-refractivity contribution in [2.75, 3.05) is 5.32 Å². The van der Waals surface area contributed by atoms with E-state index >= 15 is 0 Å². The number of nitro benzene ring substituents is 1. The monoisotopic (exact) mass is 354 g/mol. The second-order valence-electron chi connectivity index (χ2n) is 4.01. The first kappa shape index (κ1) is 14.9. The number of rotatable bonds is 4. The second kappa shape index (κ2) is 5.88. The number of carboxylic acid groups (broad SMARTS) is 1. The summed E-state index contributed by atoms with van der Waals surface area (Å²) in [5.74, 6) is -1.94. The average molecular weight is 355 g/mol. The largest absolute Gasteiger partial charge is 0.478 e. The third-order valence-corrected chi connectivity index (χ3v) is 3.33. The van der Waals surface area contributed by atoms with Crippen LogP contribution in [0, 0.1) is 15.9 Å². The standard InChI is InChI=1S/C13H8BrFN2O4/c14-9-2-1-3-10(15)12(9)16-11-5-4-7(17(20)21)6-8(11)13(18)19/h1-6,16H,(H,18,19). The van der Waals surface area contributed by atoms with E-state index in [0.717, 1.165) is 12.1 Å². The number of carboxylic acids is 1. The number of para-hydroxylation sites is 1. The summed E-state index contributed by atoms with van der Waals surface area (Å²) in [5, 5.41) is 22.4. The van der Waals surface area contributed by atoms with E-state index in [9.17, 15) is 19.3 Å². The average Bonchev–Trinajstić information content (AvgIpc) is 2.42. The van der Waals surface area contributed by atoms with Gasteiger partial charge in [-0.05, 0) is 34.1 Å². The van der Waals surface area contributed by atoms with Gasteiger partial charge in [0.1, 0.15) is 5.82 Å². The lowest BCUT2D eigenvalue weighted by molar-refractivity contribution is -0.384. The zero-order valence-electron chi connectivity index (χ0n) is 10.3. The number of carbonyl (C=O) groups is 1. The van der Waals surface area contributed by atoms with Crippen LogP contribution in [0.25, 0.3) is 0 Å². The Morgan fingerprint density at radius 2 is 2.05 bits per heavy atom. The highest BCUT2D eigenvalue weighted by Crippen LogP contribution is 2.31. The first-order valence-electron chi connectivity index (χ1n) is 5.63. The fourth-order valence-electron chi connectivity index (χ4n) is 1.68. The number of hydrogen-bond acceptors (Lipinski definition) is 4. The lowest BCUT2D eigenvalue weighted by Crippen LogP contribution is -2.05. The molecule has 0 aromatic heterocycles. The van der Waals surface area contributed by atoms with Crippen LogP contribution in [0.4, 0.5) is 21.5 Å². The molecule has 0 fully saturated rings. The van der Waals surface area contributed by atoms with Gasteiger partial charge in [0.05, 0.1) is 21.9 Å². The van der Waals surface area contributed by atoms with Crippen LogP contribution in [0.2, 0.25) is 0 Å². The summed E-state index contributed by atoms with van der Waals surface area (Å²) < 4.78 is 14.1. The van der Waals surface area contributed by atoms with Gasteiger partial charge in [-0.15, -0.1) is 0 Å². The molecule has 2 rings (SSSR count). The summed E-state index contributed by atoms with van der Waals surface area (Å²) in [6.07, 6.45) is 0. The lowest BCUT2D eigenvalue weighted by atomic mass is 10.1. The van der Waals surface area contributed by atoms with E-state index < -0.39 is 16.7 Å². The van der Waals surface area contributed by atoms with Gasteiger partial charge in [-0.1, -0.05) is 6.07 Å². The molecular formula is C13H8BrFN2O4. The molecule has 0 spiro atoms. The SMILES string of the molecule is O=C(O)c1cc([N+](=O)[O-])ccc1Nc1c(F)cccc1Br. The van der Waals surface area contributed by atoms with Crippen LogP contribution in [0.3, 0.4) is 0 Å². The molecule has 108 valence electrons. The molecule has 0 atom stereocenters. The van der Waals surface area contributed by atoms with E-state index in [4.69, 9.17) is 5.11 Å². The van der Waals surface area contributed by atoms with Crippen molar-refractivity contribution in [1.29, 1.82) is 0 Å². The molecule has 0 amide bonds. The molecule has 0 radical (unpaired) electrons. The van der Waals surface area contributed by atoms with E-state index in [-0.39, 0.29) is 22.6 Å². The Morgan fingerprint density at radius 1 is 1.33 bits per heavy atom. The smallest absolute Gasteiger partial charge is 0.338 e. The van der Waals surface area contributed by atoms with Crippen molar-refractivity contribution < 1.29 is 19.2 Å². The van der Waals surface area contributed by atoms with E-state index in [0.29, 0.717) is 4.47 Å². The van der Waals surface area contributed by atoms with Crippen molar-refractivity contribution in [2.45, 2.75) is 0 Å². The summed E-state index contributed by atoms with van der Waals surface area (Å²) in [6.45, 7) is 0. The number of nitro groups is 1. The number of halogens is 2. The van der Waals surface area contributed by atoms with Crippen molar-refractivity contribution in [3.63, 3.8) is 0 Å². The minimum atomic E-state index is -1.35. The summed E-state index contributed by atoms with van der Waals surface area (Å²) >= 11 is 3.15. The number of nitrogens with zero attached hydrogens (tertiary/aromatic N) is 1. The molecule has 0 heterocycles.